The summed E-state index contributed by atoms with van der Waals surface area (Å²) in [6.45, 7) is 4.09. The van der Waals surface area contributed by atoms with Crippen LogP contribution in [0.2, 0.25) is 0 Å². The molecular formula is C14H14CdN4S2. The molecule has 2 rings (SSSR count). The predicted octanol–water partition coefficient (Wildman–Crippen LogP) is 2.81. The minimum absolute atomic E-state index is 0. The summed E-state index contributed by atoms with van der Waals surface area (Å²) in [5.41, 5.74) is 2.52. The average molecular weight is 415 g/mol. The Morgan fingerprint density at radius 1 is 0.762 bits per heavy atom. The van der Waals surface area contributed by atoms with E-state index >= 15 is 0 Å². The first-order valence-corrected chi connectivity index (χ1v) is 6.19. The van der Waals surface area contributed by atoms with Crippen LogP contribution in [0.1, 0.15) is 11.1 Å². The first kappa shape index (κ1) is 24.6. The molecule has 2 aromatic rings. The van der Waals surface area contributed by atoms with Gasteiger partial charge >= 0.3 is 27.3 Å². The number of aryl methyl sites for hydroxylation is 2. The number of hydrogen-bond acceptors (Lipinski definition) is 6. The Morgan fingerprint density at radius 3 is 1.05 bits per heavy atom. The van der Waals surface area contributed by atoms with E-state index in [1.54, 1.807) is 24.8 Å². The summed E-state index contributed by atoms with van der Waals surface area (Å²) in [6.07, 6.45) is 7.15. The molecule has 0 bridgehead atoms. The Bertz CT molecular complexity index is 460. The molecular weight excluding hydrogens is 401 g/mol. The van der Waals surface area contributed by atoms with Crippen molar-refractivity contribution < 1.29 is 27.3 Å². The van der Waals surface area contributed by atoms with E-state index in [0.29, 0.717) is 0 Å². The van der Waals surface area contributed by atoms with Crippen molar-refractivity contribution in [2.45, 2.75) is 13.8 Å². The van der Waals surface area contributed by atoms with Crippen molar-refractivity contribution in [2.24, 2.45) is 0 Å². The van der Waals surface area contributed by atoms with Gasteiger partial charge in [-0.15, -0.1) is 0 Å². The van der Waals surface area contributed by atoms with Crippen LogP contribution in [0.25, 0.3) is 0 Å². The summed E-state index contributed by atoms with van der Waals surface area (Å²) in [5.74, 6) is 0. The number of nitriles is 2. The summed E-state index contributed by atoms with van der Waals surface area (Å²) in [5, 5.41) is 16.9. The van der Waals surface area contributed by atoms with Crippen molar-refractivity contribution >= 4 is 25.3 Å². The molecule has 0 amide bonds. The average Bonchev–Trinajstić information content (AvgIpc) is 2.43. The molecule has 0 N–H and O–H groups in total. The van der Waals surface area contributed by atoms with Crippen LogP contribution in [-0.2, 0) is 52.6 Å². The van der Waals surface area contributed by atoms with E-state index in [1.165, 1.54) is 21.9 Å². The molecule has 104 valence electrons. The molecule has 0 aliphatic carbocycles. The van der Waals surface area contributed by atoms with Crippen LogP contribution in [0, 0.1) is 35.2 Å². The van der Waals surface area contributed by atoms with Gasteiger partial charge < -0.3 is 25.3 Å². The number of nitrogens with zero attached hydrogens (tertiary/aromatic N) is 4. The van der Waals surface area contributed by atoms with E-state index in [4.69, 9.17) is 10.5 Å². The van der Waals surface area contributed by atoms with Gasteiger partial charge in [-0.2, -0.15) is 0 Å². The third-order valence-electron chi connectivity index (χ3n) is 1.69. The molecule has 0 fully saturated rings. The SMILES string of the molecule is Cc1ccncc1.Cc1ccncc1.N#C[S-].N#C[S-].[Cd+2]. The molecule has 2 heterocycles. The zero-order valence-electron chi connectivity index (χ0n) is 11.9. The van der Waals surface area contributed by atoms with Crippen molar-refractivity contribution in [1.29, 1.82) is 10.5 Å². The van der Waals surface area contributed by atoms with E-state index in [2.05, 4.69) is 35.2 Å². The molecule has 0 radical (unpaired) electrons. The number of aromatic nitrogens is 2. The molecule has 2 aromatic heterocycles. The van der Waals surface area contributed by atoms with Gasteiger partial charge in [0.05, 0.1) is 0 Å². The van der Waals surface area contributed by atoms with Crippen LogP contribution in [0.4, 0.5) is 0 Å². The Balaban J connectivity index is -0.000000220. The quantitative estimate of drug-likeness (QED) is 0.375. The van der Waals surface area contributed by atoms with Crippen molar-refractivity contribution in [3.05, 3.63) is 60.2 Å². The Labute approximate surface area is 157 Å². The molecule has 0 saturated heterocycles. The third-order valence-corrected chi connectivity index (χ3v) is 1.69. The Morgan fingerprint density at radius 2 is 0.952 bits per heavy atom. The van der Waals surface area contributed by atoms with Crippen LogP contribution in [0.3, 0.4) is 0 Å². The van der Waals surface area contributed by atoms with Gasteiger partial charge in [0.1, 0.15) is 0 Å². The van der Waals surface area contributed by atoms with Crippen LogP contribution < -0.4 is 0 Å². The van der Waals surface area contributed by atoms with Crippen LogP contribution >= 0.6 is 0 Å². The topological polar surface area (TPSA) is 73.4 Å². The first-order valence-electron chi connectivity index (χ1n) is 5.38. The normalized spacial score (nSPS) is 6.48. The maximum absolute atomic E-state index is 7.13. The molecule has 0 saturated carbocycles. The van der Waals surface area contributed by atoms with E-state index < -0.39 is 0 Å². The smallest absolute Gasteiger partial charge is 0.696 e. The van der Waals surface area contributed by atoms with Crippen molar-refractivity contribution in [3.63, 3.8) is 0 Å². The van der Waals surface area contributed by atoms with Gasteiger partial charge in [0.15, 0.2) is 0 Å². The van der Waals surface area contributed by atoms with Gasteiger partial charge in [-0.1, -0.05) is 10.8 Å². The second-order valence-electron chi connectivity index (χ2n) is 3.23. The van der Waals surface area contributed by atoms with Crippen LogP contribution in [-0.4, -0.2) is 9.97 Å². The molecule has 0 unspecified atom stereocenters. The van der Waals surface area contributed by atoms with Crippen LogP contribution in [0.5, 0.6) is 0 Å². The van der Waals surface area contributed by atoms with Gasteiger partial charge in [-0.25, -0.2) is 10.5 Å². The fourth-order valence-electron chi connectivity index (χ4n) is 0.853. The van der Waals surface area contributed by atoms with Gasteiger partial charge in [-0.3, -0.25) is 9.97 Å². The van der Waals surface area contributed by atoms with Gasteiger partial charge in [0.25, 0.3) is 0 Å². The molecule has 0 aliphatic rings. The first-order chi connectivity index (χ1) is 9.62. The van der Waals surface area contributed by atoms with E-state index in [-0.39, 0.29) is 27.3 Å². The molecule has 0 aromatic carbocycles. The summed E-state index contributed by atoms with van der Waals surface area (Å²) in [7, 11) is 0. The predicted molar refractivity (Wildman–Crippen MR) is 83.9 cm³/mol. The summed E-state index contributed by atoms with van der Waals surface area (Å²) < 4.78 is 0. The summed E-state index contributed by atoms with van der Waals surface area (Å²) >= 11 is 7.40. The van der Waals surface area contributed by atoms with Gasteiger partial charge in [-0.05, 0) is 49.2 Å². The third kappa shape index (κ3) is 24.1. The van der Waals surface area contributed by atoms with Gasteiger partial charge in [0.2, 0.25) is 0 Å². The summed E-state index contributed by atoms with van der Waals surface area (Å²) in [4.78, 5) is 7.69. The van der Waals surface area contributed by atoms with Crippen molar-refractivity contribution in [3.8, 4) is 10.8 Å². The molecule has 4 nitrogen and oxygen atoms in total. The van der Waals surface area contributed by atoms with Crippen LogP contribution in [0.15, 0.2) is 49.1 Å². The Kier molecular flexibility index (Phi) is 24.6. The fraction of sp³-hybridized carbons (Fsp3) is 0.143. The second-order valence-corrected chi connectivity index (χ2v) is 3.60. The fourth-order valence-corrected chi connectivity index (χ4v) is 0.853. The largest absolute Gasteiger partial charge is 2.00 e. The Hall–Kier alpha value is -1.36. The molecule has 0 spiro atoms. The molecule has 0 aliphatic heterocycles. The van der Waals surface area contributed by atoms with Gasteiger partial charge in [0, 0.05) is 24.8 Å². The number of thiocyanates is 2. The summed E-state index contributed by atoms with van der Waals surface area (Å²) in [6, 6.07) is 7.89. The van der Waals surface area contributed by atoms with E-state index in [9.17, 15) is 0 Å². The van der Waals surface area contributed by atoms with E-state index in [1.807, 2.05) is 38.1 Å². The van der Waals surface area contributed by atoms with Crippen molar-refractivity contribution in [1.82, 2.24) is 9.97 Å². The second kappa shape index (κ2) is 20.9. The maximum atomic E-state index is 7.13. The number of rotatable bonds is 0. The zero-order valence-corrected chi connectivity index (χ0v) is 17.6. The minimum Gasteiger partial charge on any atom is -0.696 e. The standard InChI is InChI=1S/2C6H7N.2CHNS.Cd/c2*1-6-2-4-7-5-3-6;2*2-1-3;/h2*2-5H,1H3;2*3H;/q;;;;+2/p-2. The molecule has 7 heteroatoms. The number of hydrogen-bond donors (Lipinski definition) is 0. The number of pyridine rings is 2. The monoisotopic (exact) mass is 416 g/mol. The zero-order chi connectivity index (χ0) is 15.6. The molecule has 0 atom stereocenters. The van der Waals surface area contributed by atoms with E-state index in [0.717, 1.165) is 0 Å². The minimum atomic E-state index is 0. The molecule has 21 heavy (non-hydrogen) atoms. The maximum Gasteiger partial charge on any atom is 2.00 e. The van der Waals surface area contributed by atoms with Crippen molar-refractivity contribution in [2.75, 3.05) is 0 Å².